The number of hydrogen-bond acceptors (Lipinski definition) is 9. The largest absolute Gasteiger partial charge is 1.00 e. The predicted octanol–water partition coefficient (Wildman–Crippen LogP) is -2.80. The Morgan fingerprint density at radius 1 is 0.891 bits per heavy atom. The molecule has 1 unspecified atom stereocenters. The molecule has 0 aromatic heterocycles. The minimum Gasteiger partial charge on any atom is -0.666 e. The van der Waals surface area contributed by atoms with Gasteiger partial charge in [-0.05, 0) is 52.7 Å². The van der Waals surface area contributed by atoms with Crippen LogP contribution in [0, 0.1) is 13.8 Å². The van der Waals surface area contributed by atoms with Gasteiger partial charge in [0.2, 0.25) is 0 Å². The second kappa shape index (κ2) is 16.8. The summed E-state index contributed by atoms with van der Waals surface area (Å²) in [5.41, 5.74) is 11.7. The third-order valence-electron chi connectivity index (χ3n) is 7.26. The summed E-state index contributed by atoms with van der Waals surface area (Å²) in [5, 5.41) is 38.6. The van der Waals surface area contributed by atoms with Crippen molar-refractivity contribution >= 4 is 48.9 Å². The summed E-state index contributed by atoms with van der Waals surface area (Å²) in [7, 11) is -2.18. The first-order valence-electron chi connectivity index (χ1n) is 13.7. The Morgan fingerprint density at radius 2 is 1.39 bits per heavy atom. The predicted molar refractivity (Wildman–Crippen MR) is 163 cm³/mol. The first-order valence-corrected chi connectivity index (χ1v) is 13.7. The van der Waals surface area contributed by atoms with Crippen molar-refractivity contribution in [2.24, 2.45) is 0 Å². The molecule has 1 fully saturated rings. The molecule has 0 bridgehead atoms. The number of carboxylic acid groups (broad SMARTS) is 1. The van der Waals surface area contributed by atoms with E-state index in [0.717, 1.165) is 16.7 Å². The Labute approximate surface area is 325 Å². The quantitative estimate of drug-likeness (QED) is 0.137. The van der Waals surface area contributed by atoms with Crippen molar-refractivity contribution in [1.29, 1.82) is 0 Å². The first kappa shape index (κ1) is 37.6. The molecule has 3 aromatic rings. The molecular formula is C30H30B2CsN3O10-2. The van der Waals surface area contributed by atoms with E-state index >= 15 is 0 Å². The standard InChI is InChI=1S/C21H21B2N3O7.C7H7O.C2H3O2.Cs/c24-19(27)18-7-15(25-20(28)11-1-3-13-9-32-22(30)16(13)5-11)8-26(18)21(29)12-2-4-14-10-33-23(31)17(14)6-12;1-6-2-4-7(8)5-3-6;1-2(3)4;/h1-6,15,18,30-31H,7-10H2,(H3,24,25,27,28);2-5,8H,1H2;1H2,(H,3,4);/q;2*-1;+1/p-1/t15?,18-;;;/m0.../s1. The molecule has 16 heteroatoms. The number of nitrogens with zero attached hydrogens (tertiary/aromatic N) is 1. The summed E-state index contributed by atoms with van der Waals surface area (Å²) < 4.78 is 10.3. The minimum absolute atomic E-state index is 0. The molecule has 46 heavy (non-hydrogen) atoms. The molecule has 3 aliphatic rings. The van der Waals surface area contributed by atoms with Crippen LogP contribution < -0.4 is 85.1 Å². The molecule has 1 saturated heterocycles. The number of carboxylic acids is 1. The summed E-state index contributed by atoms with van der Waals surface area (Å²) in [6, 6.07) is 14.9. The number of hydrogen-bond donors (Lipinski definition) is 5. The molecule has 234 valence electrons. The summed E-state index contributed by atoms with van der Waals surface area (Å²) in [5.74, 6) is -2.58. The van der Waals surface area contributed by atoms with Crippen molar-refractivity contribution < 1.29 is 118 Å². The summed E-state index contributed by atoms with van der Waals surface area (Å²) >= 11 is 0. The maximum Gasteiger partial charge on any atom is 1.00 e. The SMILES string of the molecule is [CH2-]C(=O)O.[CH2-]c1ccc(O)cc1.[Cs+].[NH-]C(=O)[C@@H]1CC(NC(=O)c2ccc3c(c2)B(O)OC3)CN1C(=O)c1ccc2c(c1)B(O)OC2. The van der Waals surface area contributed by atoms with Crippen LogP contribution in [0.5, 0.6) is 5.75 Å². The monoisotopic (exact) mass is 747 g/mol. The zero-order valence-corrected chi connectivity index (χ0v) is 31.3. The van der Waals surface area contributed by atoms with Crippen molar-refractivity contribution in [2.45, 2.75) is 31.7 Å². The number of rotatable bonds is 4. The Morgan fingerprint density at radius 3 is 1.89 bits per heavy atom. The van der Waals surface area contributed by atoms with Crippen LogP contribution in [-0.2, 0) is 32.1 Å². The van der Waals surface area contributed by atoms with Crippen LogP contribution in [0.3, 0.4) is 0 Å². The van der Waals surface area contributed by atoms with Crippen LogP contribution in [0.15, 0.2) is 60.7 Å². The van der Waals surface area contributed by atoms with Crippen LogP contribution in [0.4, 0.5) is 0 Å². The van der Waals surface area contributed by atoms with Crippen molar-refractivity contribution in [3.63, 3.8) is 0 Å². The maximum atomic E-state index is 13.1. The molecule has 3 aromatic carbocycles. The molecule has 0 radical (unpaired) electrons. The number of fused-ring (bicyclic) bond motifs is 2. The summed E-state index contributed by atoms with van der Waals surface area (Å²) in [6.45, 7) is 6.80. The molecule has 6 N–H and O–H groups in total. The van der Waals surface area contributed by atoms with Crippen molar-refractivity contribution in [1.82, 2.24) is 10.2 Å². The smallest absolute Gasteiger partial charge is 0.666 e. The van der Waals surface area contributed by atoms with Gasteiger partial charge in [0.1, 0.15) is 0 Å². The van der Waals surface area contributed by atoms with E-state index in [1.807, 2.05) is 0 Å². The van der Waals surface area contributed by atoms with Crippen molar-refractivity contribution in [3.05, 3.63) is 108 Å². The molecule has 6 rings (SSSR count). The van der Waals surface area contributed by atoms with E-state index < -0.39 is 50.0 Å². The van der Waals surface area contributed by atoms with Gasteiger partial charge in [-0.15, -0.1) is 0 Å². The van der Waals surface area contributed by atoms with Gasteiger partial charge < -0.3 is 50.3 Å². The number of phenolic OH excluding ortho intramolecular Hbond substituents is 1. The zero-order valence-electron chi connectivity index (χ0n) is 25.0. The Bertz CT molecular complexity index is 1570. The zero-order chi connectivity index (χ0) is 32.8. The van der Waals surface area contributed by atoms with Gasteiger partial charge in [0.25, 0.3) is 11.8 Å². The molecule has 0 saturated carbocycles. The number of nitrogens with one attached hydrogen (secondary N) is 2. The number of carbonyl (C=O) groups excluding carboxylic acids is 3. The molecular weight excluding hydrogens is 717 g/mol. The molecule has 0 aliphatic carbocycles. The first-order chi connectivity index (χ1) is 21.3. The van der Waals surface area contributed by atoms with Crippen molar-refractivity contribution in [2.75, 3.05) is 6.54 Å². The van der Waals surface area contributed by atoms with Crippen LogP contribution in [-0.4, -0.2) is 81.7 Å². The summed E-state index contributed by atoms with van der Waals surface area (Å²) in [6.07, 6.45) is 0.118. The summed E-state index contributed by atoms with van der Waals surface area (Å²) in [4.78, 5) is 48.1. The number of amides is 3. The Hall–Kier alpha value is -2.90. The van der Waals surface area contributed by atoms with E-state index in [9.17, 15) is 24.4 Å². The van der Waals surface area contributed by atoms with Gasteiger partial charge in [0.05, 0.1) is 30.9 Å². The number of likely N-dealkylation sites (tertiary alicyclic amines) is 1. The fourth-order valence-electron chi connectivity index (χ4n) is 5.05. The van der Waals surface area contributed by atoms with Gasteiger partial charge in [-0.1, -0.05) is 24.3 Å². The average Bonchev–Trinajstić information content (AvgIpc) is 3.71. The van der Waals surface area contributed by atoms with Crippen LogP contribution in [0.1, 0.15) is 43.8 Å². The normalized spacial score (nSPS) is 17.3. The van der Waals surface area contributed by atoms with E-state index in [-0.39, 0.29) is 106 Å². The third-order valence-corrected chi connectivity index (χ3v) is 7.26. The molecule has 3 amide bonds. The van der Waals surface area contributed by atoms with E-state index in [4.69, 9.17) is 30.0 Å². The number of carbonyl (C=O) groups is 4. The van der Waals surface area contributed by atoms with E-state index in [1.54, 1.807) is 54.6 Å². The van der Waals surface area contributed by atoms with Gasteiger partial charge in [-0.25, -0.2) is 0 Å². The second-order valence-electron chi connectivity index (χ2n) is 10.5. The fraction of sp³-hybridized carbons (Fsp3) is 0.200. The van der Waals surface area contributed by atoms with Gasteiger partial charge in [-0.2, -0.15) is 24.6 Å². The van der Waals surface area contributed by atoms with E-state index in [2.05, 4.69) is 19.2 Å². The Balaban J connectivity index is 0.000000375. The number of benzene rings is 3. The van der Waals surface area contributed by atoms with Gasteiger partial charge in [0.15, 0.2) is 5.97 Å². The van der Waals surface area contributed by atoms with E-state index in [1.165, 1.54) is 11.0 Å². The number of aromatic hydroxyl groups is 1. The topological polar surface area (TPSA) is 207 Å². The third kappa shape index (κ3) is 9.57. The average molecular weight is 747 g/mol. The van der Waals surface area contributed by atoms with Crippen LogP contribution in [0.2, 0.25) is 0 Å². The Kier molecular flexibility index (Phi) is 13.7. The van der Waals surface area contributed by atoms with E-state index in [0.29, 0.717) is 16.5 Å². The molecule has 3 aliphatic heterocycles. The van der Waals surface area contributed by atoms with Gasteiger partial charge in [-0.3, -0.25) is 21.3 Å². The van der Waals surface area contributed by atoms with Crippen LogP contribution in [0.25, 0.3) is 5.73 Å². The second-order valence-corrected chi connectivity index (χ2v) is 10.5. The number of phenols is 1. The fourth-order valence-corrected chi connectivity index (χ4v) is 5.05. The van der Waals surface area contributed by atoms with Gasteiger partial charge >= 0.3 is 83.1 Å². The van der Waals surface area contributed by atoms with Crippen LogP contribution >= 0.6 is 0 Å². The minimum atomic E-state index is -1.11. The molecule has 2 atom stereocenters. The molecule has 0 spiro atoms. The van der Waals surface area contributed by atoms with Crippen molar-refractivity contribution in [3.8, 4) is 5.75 Å². The molecule has 13 nitrogen and oxygen atoms in total. The molecule has 3 heterocycles. The number of aliphatic carboxylic acids is 1. The van der Waals surface area contributed by atoms with Gasteiger partial charge in [0, 0.05) is 23.7 Å². The maximum absolute atomic E-state index is 13.1.